The summed E-state index contributed by atoms with van der Waals surface area (Å²) in [5.41, 5.74) is 0.347. The molecule has 3 atom stereocenters. The largest absolute Gasteiger partial charge is 0.465 e. The Bertz CT molecular complexity index is 1050. The van der Waals surface area contributed by atoms with E-state index >= 15 is 0 Å². The number of carbonyl (C=O) groups is 4. The molecule has 1 aromatic rings. The fraction of sp³-hybridized carbons (Fsp3) is 0.697. The summed E-state index contributed by atoms with van der Waals surface area (Å²) in [4.78, 5) is 54.6. The van der Waals surface area contributed by atoms with Crippen LogP contribution in [0.15, 0.2) is 30.3 Å². The van der Waals surface area contributed by atoms with Crippen LogP contribution in [0.25, 0.3) is 0 Å². The summed E-state index contributed by atoms with van der Waals surface area (Å²) >= 11 is 0. The highest BCUT2D eigenvalue weighted by molar-refractivity contribution is 5.88. The molecular formula is C33H51N3O7. The summed E-state index contributed by atoms with van der Waals surface area (Å²) in [6.45, 7) is 11.3. The van der Waals surface area contributed by atoms with E-state index in [1.807, 2.05) is 51.1 Å². The Morgan fingerprint density at radius 3 is 2.33 bits per heavy atom. The van der Waals surface area contributed by atoms with Gasteiger partial charge in [0.05, 0.1) is 12.6 Å². The molecule has 0 aliphatic carbocycles. The van der Waals surface area contributed by atoms with Crippen LogP contribution in [0, 0.1) is 5.92 Å². The normalized spacial score (nSPS) is 19.0. The predicted molar refractivity (Wildman–Crippen MR) is 163 cm³/mol. The van der Waals surface area contributed by atoms with Crippen LogP contribution < -0.4 is 5.32 Å². The average Bonchev–Trinajstić information content (AvgIpc) is 3.47. The maximum absolute atomic E-state index is 13.3. The fourth-order valence-corrected chi connectivity index (χ4v) is 5.78. The highest BCUT2D eigenvalue weighted by Gasteiger charge is 2.39. The lowest BCUT2D eigenvalue weighted by molar-refractivity contribution is -0.163. The molecule has 0 radical (unpaired) electrons. The van der Waals surface area contributed by atoms with Crippen molar-refractivity contribution in [1.82, 2.24) is 15.1 Å². The van der Waals surface area contributed by atoms with Gasteiger partial charge in [-0.3, -0.25) is 14.9 Å². The molecule has 0 saturated carbocycles. The maximum Gasteiger partial charge on any atom is 0.410 e. The lowest BCUT2D eigenvalue weighted by atomic mass is 9.91. The third-order valence-electron chi connectivity index (χ3n) is 8.04. The van der Waals surface area contributed by atoms with Gasteiger partial charge in [-0.2, -0.15) is 0 Å². The number of hydrogen-bond donors (Lipinski definition) is 1. The molecule has 2 aliphatic rings. The van der Waals surface area contributed by atoms with Gasteiger partial charge in [0.1, 0.15) is 24.3 Å². The summed E-state index contributed by atoms with van der Waals surface area (Å²) in [5, 5.41) is 3.19. The zero-order valence-electron chi connectivity index (χ0n) is 26.6. The maximum atomic E-state index is 13.3. The number of hydrogen-bond acceptors (Lipinski definition) is 8. The van der Waals surface area contributed by atoms with Crippen LogP contribution in [-0.4, -0.2) is 83.7 Å². The van der Waals surface area contributed by atoms with E-state index in [0.717, 1.165) is 44.1 Å². The first-order valence-electron chi connectivity index (χ1n) is 15.9. The quantitative estimate of drug-likeness (QED) is 0.194. The molecule has 0 spiro atoms. The molecule has 2 fully saturated rings. The second-order valence-corrected chi connectivity index (χ2v) is 12.7. The van der Waals surface area contributed by atoms with Crippen LogP contribution in [0.3, 0.4) is 0 Å². The zero-order valence-corrected chi connectivity index (χ0v) is 26.6. The highest BCUT2D eigenvalue weighted by Crippen LogP contribution is 2.25. The Hall–Kier alpha value is -3.14. The summed E-state index contributed by atoms with van der Waals surface area (Å²) < 4.78 is 16.3. The van der Waals surface area contributed by atoms with Crippen LogP contribution in [0.1, 0.15) is 91.5 Å². The lowest BCUT2D eigenvalue weighted by Crippen LogP contribution is -2.53. The van der Waals surface area contributed by atoms with Crippen molar-refractivity contribution in [3.8, 4) is 0 Å². The van der Waals surface area contributed by atoms with E-state index < -0.39 is 23.7 Å². The van der Waals surface area contributed by atoms with E-state index in [9.17, 15) is 19.2 Å². The van der Waals surface area contributed by atoms with Gasteiger partial charge in [0.25, 0.3) is 0 Å². The van der Waals surface area contributed by atoms with Crippen LogP contribution in [-0.2, 0) is 35.2 Å². The van der Waals surface area contributed by atoms with Gasteiger partial charge in [-0.15, -0.1) is 0 Å². The van der Waals surface area contributed by atoms with Crippen LogP contribution in [0.2, 0.25) is 0 Å². The van der Waals surface area contributed by atoms with E-state index in [1.165, 1.54) is 0 Å². The molecule has 10 heteroatoms. The Balaban J connectivity index is 1.41. The molecular weight excluding hydrogens is 550 g/mol. The topological polar surface area (TPSA) is 114 Å². The first kappa shape index (κ1) is 34.4. The Morgan fingerprint density at radius 1 is 0.977 bits per heavy atom. The molecule has 0 bridgehead atoms. The monoisotopic (exact) mass is 601 g/mol. The number of nitrogens with zero attached hydrogens (tertiary/aromatic N) is 2. The molecule has 3 rings (SSSR count). The van der Waals surface area contributed by atoms with Crippen LogP contribution >= 0.6 is 0 Å². The van der Waals surface area contributed by atoms with Crippen molar-refractivity contribution in [3.05, 3.63) is 35.9 Å². The molecule has 10 nitrogen and oxygen atoms in total. The van der Waals surface area contributed by atoms with Gasteiger partial charge in [0, 0.05) is 19.6 Å². The standard InChI is InChI=1S/C33H51N3O7/c1-6-41-30(38)27(34-24(2)29(37)36-20-12-17-28(36)31(39)43-33(3,4)5)16-11-10-13-25-18-21-35(22-19-25)32(40)42-23-26-14-8-7-9-15-26/h7-9,14-15,24-25,27-28,34H,6,10-13,16-23H2,1-5H3/t24-,27?,28-/m0/s1. The van der Waals surface area contributed by atoms with E-state index in [4.69, 9.17) is 14.2 Å². The minimum Gasteiger partial charge on any atom is -0.465 e. The number of nitrogens with one attached hydrogen (secondary N) is 1. The number of piperidine rings is 1. The number of likely N-dealkylation sites (tertiary alicyclic amines) is 2. The number of ether oxygens (including phenoxy) is 3. The number of esters is 2. The van der Waals surface area contributed by atoms with Crippen molar-refractivity contribution in [1.29, 1.82) is 0 Å². The highest BCUT2D eigenvalue weighted by atomic mass is 16.6. The summed E-state index contributed by atoms with van der Waals surface area (Å²) in [6.07, 6.45) is 6.22. The predicted octanol–water partition coefficient (Wildman–Crippen LogP) is 4.84. The van der Waals surface area contributed by atoms with Crippen molar-refractivity contribution in [3.63, 3.8) is 0 Å². The molecule has 2 amide bonds. The minimum absolute atomic E-state index is 0.211. The summed E-state index contributed by atoms with van der Waals surface area (Å²) in [7, 11) is 0. The zero-order chi connectivity index (χ0) is 31.4. The van der Waals surface area contributed by atoms with Gasteiger partial charge in [-0.05, 0) is 78.2 Å². The summed E-state index contributed by atoms with van der Waals surface area (Å²) in [5.74, 6) is -0.443. The number of carbonyl (C=O) groups excluding carboxylic acids is 4. The van der Waals surface area contributed by atoms with Crippen molar-refractivity contribution in [2.45, 2.75) is 116 Å². The third kappa shape index (κ3) is 11.1. The van der Waals surface area contributed by atoms with E-state index in [-0.39, 0.29) is 37.2 Å². The van der Waals surface area contributed by atoms with Gasteiger partial charge in [0.15, 0.2) is 0 Å². The van der Waals surface area contributed by atoms with Crippen LogP contribution in [0.4, 0.5) is 4.79 Å². The molecule has 1 N–H and O–H groups in total. The smallest absolute Gasteiger partial charge is 0.410 e. The van der Waals surface area contributed by atoms with E-state index in [0.29, 0.717) is 38.4 Å². The number of unbranched alkanes of at least 4 members (excludes halogenated alkanes) is 1. The SMILES string of the molecule is CCOC(=O)C(CCCCC1CCN(C(=O)OCc2ccccc2)CC1)N[C@@H](C)C(=O)N1CCC[C@H]1C(=O)OC(C)(C)C. The number of amides is 2. The summed E-state index contributed by atoms with van der Waals surface area (Å²) in [6, 6.07) is 7.81. The molecule has 1 aromatic carbocycles. The van der Waals surface area contributed by atoms with Crippen LogP contribution in [0.5, 0.6) is 0 Å². The van der Waals surface area contributed by atoms with Gasteiger partial charge < -0.3 is 24.0 Å². The Morgan fingerprint density at radius 2 is 1.67 bits per heavy atom. The lowest BCUT2D eigenvalue weighted by Gasteiger charge is -2.31. The molecule has 2 saturated heterocycles. The van der Waals surface area contributed by atoms with Gasteiger partial charge >= 0.3 is 18.0 Å². The van der Waals surface area contributed by atoms with Crippen molar-refractivity contribution in [2.24, 2.45) is 5.92 Å². The van der Waals surface area contributed by atoms with E-state index in [1.54, 1.807) is 23.6 Å². The second-order valence-electron chi connectivity index (χ2n) is 12.7. The van der Waals surface area contributed by atoms with Gasteiger partial charge in [-0.1, -0.05) is 49.6 Å². The molecule has 2 heterocycles. The molecule has 43 heavy (non-hydrogen) atoms. The van der Waals surface area contributed by atoms with Gasteiger partial charge in [-0.25, -0.2) is 9.59 Å². The average molecular weight is 602 g/mol. The third-order valence-corrected chi connectivity index (χ3v) is 8.04. The minimum atomic E-state index is -0.650. The second kappa shape index (κ2) is 16.6. The first-order valence-corrected chi connectivity index (χ1v) is 15.9. The molecule has 0 aromatic heterocycles. The number of benzene rings is 1. The van der Waals surface area contributed by atoms with E-state index in [2.05, 4.69) is 5.32 Å². The van der Waals surface area contributed by atoms with Crippen molar-refractivity contribution >= 4 is 23.9 Å². The number of rotatable bonds is 13. The Kier molecular flexibility index (Phi) is 13.3. The van der Waals surface area contributed by atoms with Gasteiger partial charge in [0.2, 0.25) is 5.91 Å². The molecule has 240 valence electrons. The Labute approximate surface area is 256 Å². The fourth-order valence-electron chi connectivity index (χ4n) is 5.78. The van der Waals surface area contributed by atoms with Crippen molar-refractivity contribution in [2.75, 3.05) is 26.2 Å². The first-order chi connectivity index (χ1) is 20.5. The molecule has 1 unspecified atom stereocenters. The molecule has 2 aliphatic heterocycles. The van der Waals surface area contributed by atoms with Crippen molar-refractivity contribution < 1.29 is 33.4 Å².